The number of fused-ring (bicyclic) bond motifs is 2. The third kappa shape index (κ3) is 2.25. The Labute approximate surface area is 127 Å². The number of aliphatic imine (C=N–C) groups is 1. The van der Waals surface area contributed by atoms with Crippen LogP contribution in [0.2, 0.25) is 0 Å². The van der Waals surface area contributed by atoms with Crippen molar-refractivity contribution >= 4 is 11.6 Å². The summed E-state index contributed by atoms with van der Waals surface area (Å²) in [4.78, 5) is 15.9. The van der Waals surface area contributed by atoms with E-state index in [-0.39, 0.29) is 16.7 Å². The molecule has 0 aliphatic heterocycles. The van der Waals surface area contributed by atoms with Gasteiger partial charge in [-0.25, -0.2) is 4.99 Å². The minimum absolute atomic E-state index is 0.0532. The van der Waals surface area contributed by atoms with Crippen molar-refractivity contribution in [2.24, 2.45) is 16.3 Å². The molecule has 1 spiro atoms. The van der Waals surface area contributed by atoms with E-state index in [0.29, 0.717) is 5.92 Å². The van der Waals surface area contributed by atoms with E-state index in [0.717, 1.165) is 25.0 Å². The van der Waals surface area contributed by atoms with Gasteiger partial charge in [-0.05, 0) is 42.2 Å². The molecule has 0 bridgehead atoms. The van der Waals surface area contributed by atoms with Crippen LogP contribution in [0.5, 0.6) is 0 Å². The first-order valence-electron chi connectivity index (χ1n) is 8.01. The molecule has 2 heteroatoms. The molecule has 0 aromatic heterocycles. The van der Waals surface area contributed by atoms with Gasteiger partial charge in [0, 0.05) is 24.0 Å². The second-order valence-corrected chi connectivity index (χ2v) is 7.73. The topological polar surface area (TPSA) is 29.4 Å². The van der Waals surface area contributed by atoms with Crippen molar-refractivity contribution in [3.8, 4) is 0 Å². The van der Waals surface area contributed by atoms with E-state index in [4.69, 9.17) is 0 Å². The summed E-state index contributed by atoms with van der Waals surface area (Å²) in [6, 6.07) is 8.87. The monoisotopic (exact) mass is 283 g/mol. The third-order valence-corrected chi connectivity index (χ3v) is 5.27. The smallest absolute Gasteiger partial charge is 0.242 e. The molecule has 0 heterocycles. The number of carbonyl (C=O) groups is 1. The molecule has 1 aromatic carbocycles. The highest BCUT2D eigenvalue weighted by molar-refractivity contribution is 5.99. The number of hydrogen-bond acceptors (Lipinski definition) is 1. The van der Waals surface area contributed by atoms with Gasteiger partial charge < -0.3 is 0 Å². The zero-order valence-corrected chi connectivity index (χ0v) is 13.6. The molecule has 1 amide bonds. The van der Waals surface area contributed by atoms with Crippen molar-refractivity contribution in [2.75, 3.05) is 0 Å². The quantitative estimate of drug-likeness (QED) is 0.697. The predicted molar refractivity (Wildman–Crippen MR) is 86.7 cm³/mol. The van der Waals surface area contributed by atoms with E-state index in [1.165, 1.54) is 17.5 Å². The van der Waals surface area contributed by atoms with Crippen molar-refractivity contribution in [1.29, 1.82) is 0 Å². The fourth-order valence-corrected chi connectivity index (χ4v) is 4.89. The number of aryl methyl sites for hydroxylation is 1. The number of carbonyl (C=O) groups excluding carboxylic acids is 1. The minimum Gasteiger partial charge on any atom is -0.273 e. The van der Waals surface area contributed by atoms with Gasteiger partial charge in [0.15, 0.2) is 0 Å². The van der Waals surface area contributed by atoms with Gasteiger partial charge in [-0.15, -0.1) is 0 Å². The summed E-state index contributed by atoms with van der Waals surface area (Å²) in [5.41, 5.74) is 4.46. The van der Waals surface area contributed by atoms with Crippen molar-refractivity contribution in [3.05, 3.63) is 35.4 Å². The van der Waals surface area contributed by atoms with Crippen LogP contribution in [0.25, 0.3) is 0 Å². The molecule has 1 fully saturated rings. The average Bonchev–Trinajstić information content (AvgIpc) is 2.92. The summed E-state index contributed by atoms with van der Waals surface area (Å²) in [7, 11) is 0. The van der Waals surface area contributed by atoms with Gasteiger partial charge in [0.2, 0.25) is 5.91 Å². The number of rotatable bonds is 0. The predicted octanol–water partition coefficient (Wildman–Crippen LogP) is 4.31. The summed E-state index contributed by atoms with van der Waals surface area (Å²) >= 11 is 0. The lowest BCUT2D eigenvalue weighted by atomic mass is 9.63. The molecule has 0 saturated heterocycles. The van der Waals surface area contributed by atoms with Gasteiger partial charge in [0.1, 0.15) is 0 Å². The van der Waals surface area contributed by atoms with Gasteiger partial charge in [0.05, 0.1) is 0 Å². The molecular weight excluding hydrogens is 258 g/mol. The zero-order valence-electron chi connectivity index (χ0n) is 13.6. The highest BCUT2D eigenvalue weighted by Crippen LogP contribution is 2.57. The molecule has 2 aliphatic rings. The largest absolute Gasteiger partial charge is 0.273 e. The van der Waals surface area contributed by atoms with Gasteiger partial charge >= 0.3 is 0 Å². The average molecular weight is 283 g/mol. The van der Waals surface area contributed by atoms with E-state index in [2.05, 4.69) is 50.0 Å². The molecule has 2 unspecified atom stereocenters. The van der Waals surface area contributed by atoms with Crippen molar-refractivity contribution < 1.29 is 4.79 Å². The molecule has 112 valence electrons. The van der Waals surface area contributed by atoms with Crippen LogP contribution in [0.1, 0.15) is 58.1 Å². The number of amides is 1. The van der Waals surface area contributed by atoms with Crippen LogP contribution in [0.3, 0.4) is 0 Å². The van der Waals surface area contributed by atoms with Gasteiger partial charge in [-0.2, -0.15) is 0 Å². The summed E-state index contributed by atoms with van der Waals surface area (Å²) in [6.45, 7) is 8.45. The van der Waals surface area contributed by atoms with Crippen LogP contribution in [-0.4, -0.2) is 11.6 Å². The summed E-state index contributed by atoms with van der Waals surface area (Å²) < 4.78 is 0. The fraction of sp³-hybridized carbons (Fsp3) is 0.579. The highest BCUT2D eigenvalue weighted by Gasteiger charge is 2.54. The lowest BCUT2D eigenvalue weighted by Crippen LogP contribution is -2.40. The highest BCUT2D eigenvalue weighted by atomic mass is 16.1. The van der Waals surface area contributed by atoms with Gasteiger partial charge in [-0.1, -0.05) is 45.0 Å². The normalized spacial score (nSPS) is 30.1. The Morgan fingerprint density at radius 3 is 2.52 bits per heavy atom. The number of hydrogen-bond donors (Lipinski definition) is 0. The fourth-order valence-electron chi connectivity index (χ4n) is 4.89. The first-order valence-corrected chi connectivity index (χ1v) is 8.01. The number of nitrogens with zero attached hydrogens (tertiary/aromatic N) is 1. The first-order chi connectivity index (χ1) is 9.84. The maximum atomic E-state index is 11.5. The maximum absolute atomic E-state index is 11.5. The summed E-state index contributed by atoms with van der Waals surface area (Å²) in [5, 5.41) is 0. The van der Waals surface area contributed by atoms with Crippen LogP contribution in [0.15, 0.2) is 29.3 Å². The molecule has 1 aromatic rings. The van der Waals surface area contributed by atoms with Crippen LogP contribution in [-0.2, 0) is 16.6 Å². The summed E-state index contributed by atoms with van der Waals surface area (Å²) in [5.74, 6) is 0.320. The van der Waals surface area contributed by atoms with Crippen molar-refractivity contribution in [2.45, 2.75) is 58.8 Å². The maximum Gasteiger partial charge on any atom is 0.242 e. The Hall–Kier alpha value is -1.44. The lowest BCUT2D eigenvalue weighted by molar-refractivity contribution is -0.115. The van der Waals surface area contributed by atoms with Crippen LogP contribution < -0.4 is 0 Å². The van der Waals surface area contributed by atoms with E-state index in [1.807, 2.05) is 0 Å². The Kier molecular flexibility index (Phi) is 3.31. The Morgan fingerprint density at radius 1 is 1.19 bits per heavy atom. The Bertz CT molecular complexity index is 608. The molecule has 2 aliphatic carbocycles. The molecule has 3 rings (SSSR count). The van der Waals surface area contributed by atoms with Crippen LogP contribution >= 0.6 is 0 Å². The molecule has 0 radical (unpaired) electrons. The molecule has 21 heavy (non-hydrogen) atoms. The zero-order chi connectivity index (χ0) is 15.3. The molecule has 1 saturated carbocycles. The van der Waals surface area contributed by atoms with Crippen LogP contribution in [0, 0.1) is 11.3 Å². The third-order valence-electron chi connectivity index (χ3n) is 5.27. The van der Waals surface area contributed by atoms with Crippen molar-refractivity contribution in [1.82, 2.24) is 0 Å². The Balaban J connectivity index is 2.14. The second-order valence-electron chi connectivity index (χ2n) is 7.73. The van der Waals surface area contributed by atoms with Crippen molar-refractivity contribution in [3.63, 3.8) is 0 Å². The first kappa shape index (κ1) is 14.5. The Morgan fingerprint density at radius 2 is 1.86 bits per heavy atom. The standard InChI is InChI=1S/C19H25NO/c1-13(21)20-16-10-12-19(17(16)18(2,3)4)11-9-14-7-5-6-8-15(14)19/h5-8,17H,9-12H2,1-4H3. The van der Waals surface area contributed by atoms with Gasteiger partial charge in [-0.3, -0.25) is 4.79 Å². The molecule has 2 nitrogen and oxygen atoms in total. The molecule has 2 atom stereocenters. The summed E-state index contributed by atoms with van der Waals surface area (Å²) in [6.07, 6.45) is 4.47. The second kappa shape index (κ2) is 4.79. The van der Waals surface area contributed by atoms with E-state index < -0.39 is 0 Å². The minimum atomic E-state index is -0.0532. The van der Waals surface area contributed by atoms with Crippen LogP contribution in [0.4, 0.5) is 0 Å². The number of benzene rings is 1. The van der Waals surface area contributed by atoms with E-state index >= 15 is 0 Å². The SMILES string of the molecule is CC(=O)N=C1CCC2(CCc3ccccc32)C1C(C)(C)C. The van der Waals surface area contributed by atoms with E-state index in [1.54, 1.807) is 6.92 Å². The van der Waals surface area contributed by atoms with E-state index in [9.17, 15) is 4.79 Å². The lowest BCUT2D eigenvalue weighted by Gasteiger charge is -2.41. The van der Waals surface area contributed by atoms with Gasteiger partial charge in [0.25, 0.3) is 0 Å². The molecular formula is C19H25NO. The molecule has 0 N–H and O–H groups in total.